The van der Waals surface area contributed by atoms with Crippen molar-refractivity contribution in [2.75, 3.05) is 33.4 Å². The van der Waals surface area contributed by atoms with E-state index in [1.807, 2.05) is 0 Å². The van der Waals surface area contributed by atoms with Crippen molar-refractivity contribution in [1.82, 2.24) is 10.2 Å². The number of carbonyl (C=O) groups excluding carboxylic acids is 1. The van der Waals surface area contributed by atoms with E-state index in [2.05, 4.69) is 10.2 Å². The Morgan fingerprint density at radius 3 is 3.07 bits per heavy atom. The second-order valence-electron chi connectivity index (χ2n) is 7.49. The van der Waals surface area contributed by atoms with Gasteiger partial charge in [0.25, 0.3) is 5.69 Å². The lowest BCUT2D eigenvalue weighted by atomic mass is 9.78. The Morgan fingerprint density at radius 2 is 2.32 bits per heavy atom. The van der Waals surface area contributed by atoms with Crippen LogP contribution in [0.25, 0.3) is 0 Å². The van der Waals surface area contributed by atoms with E-state index in [4.69, 9.17) is 9.47 Å². The van der Waals surface area contributed by atoms with E-state index < -0.39 is 10.5 Å². The van der Waals surface area contributed by atoms with Crippen LogP contribution in [0, 0.1) is 10.1 Å². The molecule has 1 aromatic carbocycles. The third-order valence-corrected chi connectivity index (χ3v) is 5.53. The molecule has 9 nitrogen and oxygen atoms in total. The Labute approximate surface area is 163 Å². The number of amides is 1. The van der Waals surface area contributed by atoms with Gasteiger partial charge in [-0.3, -0.25) is 19.8 Å². The van der Waals surface area contributed by atoms with E-state index in [-0.39, 0.29) is 30.0 Å². The molecule has 1 saturated heterocycles. The van der Waals surface area contributed by atoms with Crippen LogP contribution in [-0.4, -0.2) is 65.9 Å². The van der Waals surface area contributed by atoms with Gasteiger partial charge in [0.15, 0.2) is 0 Å². The monoisotopic (exact) mass is 393 g/mol. The van der Waals surface area contributed by atoms with Crippen molar-refractivity contribution in [3.8, 4) is 5.75 Å². The Hall–Kier alpha value is -2.23. The van der Waals surface area contributed by atoms with Crippen LogP contribution < -0.4 is 5.32 Å². The maximum absolute atomic E-state index is 12.1. The van der Waals surface area contributed by atoms with Crippen LogP contribution in [0.5, 0.6) is 5.75 Å². The van der Waals surface area contributed by atoms with Crippen molar-refractivity contribution in [2.45, 2.75) is 43.9 Å². The highest BCUT2D eigenvalue weighted by Gasteiger charge is 2.46. The molecule has 1 spiro atoms. The van der Waals surface area contributed by atoms with Gasteiger partial charge in [0.1, 0.15) is 18.0 Å². The van der Waals surface area contributed by atoms with Gasteiger partial charge in [-0.05, 0) is 25.0 Å². The summed E-state index contributed by atoms with van der Waals surface area (Å²) in [5.74, 6) is -0.163. The van der Waals surface area contributed by atoms with Gasteiger partial charge in [-0.15, -0.1) is 0 Å². The molecular weight excluding hydrogens is 366 g/mol. The first-order chi connectivity index (χ1) is 13.4. The second-order valence-corrected chi connectivity index (χ2v) is 7.49. The van der Waals surface area contributed by atoms with Crippen molar-refractivity contribution >= 4 is 11.6 Å². The summed E-state index contributed by atoms with van der Waals surface area (Å²) in [6.45, 7) is 2.04. The number of hydrogen-bond donors (Lipinski definition) is 2. The molecule has 2 N–H and O–H groups in total. The number of morpholine rings is 1. The van der Waals surface area contributed by atoms with Crippen LogP contribution in [0.1, 0.15) is 31.2 Å². The summed E-state index contributed by atoms with van der Waals surface area (Å²) in [4.78, 5) is 25.1. The fourth-order valence-electron chi connectivity index (χ4n) is 4.28. The van der Waals surface area contributed by atoms with Gasteiger partial charge in [0.05, 0.1) is 17.6 Å². The summed E-state index contributed by atoms with van der Waals surface area (Å²) < 4.78 is 11.1. The number of hydrogen-bond acceptors (Lipinski definition) is 7. The molecular formula is C19H27N3O6. The van der Waals surface area contributed by atoms with Crippen molar-refractivity contribution in [1.29, 1.82) is 0 Å². The van der Waals surface area contributed by atoms with Crippen molar-refractivity contribution in [2.24, 2.45) is 0 Å². The lowest BCUT2D eigenvalue weighted by molar-refractivity contribution is -0.385. The molecule has 2 aliphatic rings. The van der Waals surface area contributed by atoms with Gasteiger partial charge in [0.2, 0.25) is 5.91 Å². The number of nitrogens with one attached hydrogen (secondary N) is 1. The fourth-order valence-corrected chi connectivity index (χ4v) is 4.28. The zero-order chi connectivity index (χ0) is 20.1. The Balaban J connectivity index is 1.76. The van der Waals surface area contributed by atoms with E-state index in [0.717, 1.165) is 25.7 Å². The fraction of sp³-hybridized carbons (Fsp3) is 0.632. The summed E-state index contributed by atoms with van der Waals surface area (Å²) in [7, 11) is 1.48. The van der Waals surface area contributed by atoms with Crippen molar-refractivity contribution in [3.05, 3.63) is 33.9 Å². The number of nitro benzene ring substituents is 1. The Bertz CT molecular complexity index is 724. The first-order valence-corrected chi connectivity index (χ1v) is 9.54. The molecule has 1 aliphatic heterocycles. The number of phenolic OH excluding ortho intramolecular Hbond substituents is 1. The molecule has 2 atom stereocenters. The normalized spacial score (nSPS) is 25.5. The quantitative estimate of drug-likeness (QED) is 0.557. The smallest absolute Gasteiger partial charge is 0.274 e. The van der Waals surface area contributed by atoms with Crippen molar-refractivity contribution in [3.63, 3.8) is 0 Å². The molecule has 0 radical (unpaired) electrons. The lowest BCUT2D eigenvalue weighted by Crippen LogP contribution is -2.64. The van der Waals surface area contributed by atoms with Gasteiger partial charge < -0.3 is 19.9 Å². The molecule has 2 fully saturated rings. The largest absolute Gasteiger partial charge is 0.508 e. The van der Waals surface area contributed by atoms with Crippen LogP contribution in [0.3, 0.4) is 0 Å². The Morgan fingerprint density at radius 1 is 1.50 bits per heavy atom. The van der Waals surface area contributed by atoms with Crippen LogP contribution in [0.4, 0.5) is 5.69 Å². The van der Waals surface area contributed by atoms with Crippen LogP contribution in [-0.2, 0) is 20.8 Å². The van der Waals surface area contributed by atoms with E-state index >= 15 is 0 Å². The molecule has 28 heavy (non-hydrogen) atoms. The molecule has 0 aromatic heterocycles. The van der Waals surface area contributed by atoms with Gasteiger partial charge >= 0.3 is 0 Å². The molecule has 0 bridgehead atoms. The number of aromatic hydroxyl groups is 1. The van der Waals surface area contributed by atoms with Gasteiger partial charge in [-0.1, -0.05) is 12.8 Å². The van der Waals surface area contributed by atoms with Crippen LogP contribution in [0.2, 0.25) is 0 Å². The third-order valence-electron chi connectivity index (χ3n) is 5.53. The van der Waals surface area contributed by atoms with E-state index in [0.29, 0.717) is 31.8 Å². The van der Waals surface area contributed by atoms with Crippen LogP contribution >= 0.6 is 0 Å². The maximum atomic E-state index is 12.1. The summed E-state index contributed by atoms with van der Waals surface area (Å²) in [6, 6.07) is 3.98. The highest BCUT2D eigenvalue weighted by atomic mass is 16.6. The standard InChI is InChI=1S/C19H27N3O6/c1-27-12-18(24)20-17-4-2-3-7-19(17)13-21(8-9-28-19)11-14-10-15(23)5-6-16(14)22(25)26/h5-6,10,17,23H,2-4,7-9,11-13H2,1H3,(H,20,24)/t17-,19-/m1/s1. The number of nitrogens with zero attached hydrogens (tertiary/aromatic N) is 2. The molecule has 154 valence electrons. The van der Waals surface area contributed by atoms with Crippen molar-refractivity contribution < 1.29 is 24.3 Å². The maximum Gasteiger partial charge on any atom is 0.274 e. The molecule has 1 aliphatic carbocycles. The van der Waals surface area contributed by atoms with Gasteiger partial charge in [-0.2, -0.15) is 0 Å². The summed E-state index contributed by atoms with van der Waals surface area (Å²) >= 11 is 0. The molecule has 1 saturated carbocycles. The van der Waals surface area contributed by atoms with E-state index in [1.165, 1.54) is 25.3 Å². The minimum Gasteiger partial charge on any atom is -0.508 e. The average molecular weight is 393 g/mol. The summed E-state index contributed by atoms with van der Waals surface area (Å²) in [6.07, 6.45) is 3.68. The SMILES string of the molecule is COCC(=O)N[C@@H]1CCCC[C@@]12CN(Cc1cc(O)ccc1[N+](=O)[O-])CCO2. The number of benzene rings is 1. The summed E-state index contributed by atoms with van der Waals surface area (Å²) in [5, 5.41) is 24.1. The molecule has 1 heterocycles. The highest BCUT2D eigenvalue weighted by molar-refractivity contribution is 5.77. The number of methoxy groups -OCH3 is 1. The zero-order valence-electron chi connectivity index (χ0n) is 16.1. The number of phenols is 1. The lowest BCUT2D eigenvalue weighted by Gasteiger charge is -2.49. The molecule has 9 heteroatoms. The number of nitro groups is 1. The molecule has 3 rings (SSSR count). The number of carbonyl (C=O) groups is 1. The predicted octanol–water partition coefficient (Wildman–Crippen LogP) is 1.58. The molecule has 0 unspecified atom stereocenters. The van der Waals surface area contributed by atoms with Gasteiger partial charge in [-0.25, -0.2) is 0 Å². The van der Waals surface area contributed by atoms with Crippen LogP contribution in [0.15, 0.2) is 18.2 Å². The minimum atomic E-state index is -0.508. The Kier molecular flexibility index (Phi) is 6.48. The summed E-state index contributed by atoms with van der Waals surface area (Å²) in [5.41, 5.74) is -0.0457. The molecule has 1 aromatic rings. The second kappa shape index (κ2) is 8.85. The third kappa shape index (κ3) is 4.60. The number of ether oxygens (including phenoxy) is 2. The minimum absolute atomic E-state index is 0.00550. The zero-order valence-corrected chi connectivity index (χ0v) is 16.1. The van der Waals surface area contributed by atoms with Gasteiger partial charge in [0, 0.05) is 38.4 Å². The first kappa shape index (κ1) is 20.5. The molecule has 1 amide bonds. The van der Waals surface area contributed by atoms with E-state index in [1.54, 1.807) is 0 Å². The average Bonchev–Trinajstić information content (AvgIpc) is 2.64. The topological polar surface area (TPSA) is 114 Å². The number of rotatable bonds is 6. The highest BCUT2D eigenvalue weighted by Crippen LogP contribution is 2.36. The first-order valence-electron chi connectivity index (χ1n) is 9.54. The van der Waals surface area contributed by atoms with E-state index in [9.17, 15) is 20.0 Å². The predicted molar refractivity (Wildman–Crippen MR) is 101 cm³/mol.